The lowest BCUT2D eigenvalue weighted by Crippen LogP contribution is -2.47. The number of alkyl halides is 3. The summed E-state index contributed by atoms with van der Waals surface area (Å²) < 4.78 is 64.4. The summed E-state index contributed by atoms with van der Waals surface area (Å²) in [7, 11) is -3.96. The molecule has 124 valence electrons. The lowest BCUT2D eigenvalue weighted by atomic mass is 10.1. The molecule has 4 nitrogen and oxygen atoms in total. The van der Waals surface area contributed by atoms with Gasteiger partial charge in [-0.1, -0.05) is 18.0 Å². The number of rotatable bonds is 3. The molecule has 9 heteroatoms. The number of nitrogens with zero attached hydrogens (tertiary/aromatic N) is 1. The molecule has 0 amide bonds. The average Bonchev–Trinajstić information content (AvgIpc) is 2.45. The number of sulfonamides is 1. The van der Waals surface area contributed by atoms with Crippen LogP contribution in [0.3, 0.4) is 0 Å². The molecule has 1 fully saturated rings. The van der Waals surface area contributed by atoms with Gasteiger partial charge in [-0.05, 0) is 31.0 Å². The standard InChI is InChI=1S/C13H16ClF3N2O2S/c14-11-7-9(13(15,16)17)4-5-12(11)22(20,21)19-6-2-1-3-10(19)8-18/h4-5,7,10H,1-3,6,8,18H2. The van der Waals surface area contributed by atoms with Crippen LogP contribution in [0.25, 0.3) is 0 Å². The minimum atomic E-state index is -4.57. The summed E-state index contributed by atoms with van der Waals surface area (Å²) in [6.07, 6.45) is -2.38. The molecule has 1 aliphatic heterocycles. The first-order valence-electron chi connectivity index (χ1n) is 6.76. The molecule has 1 aliphatic rings. The van der Waals surface area contributed by atoms with Crippen LogP contribution >= 0.6 is 11.6 Å². The fraction of sp³-hybridized carbons (Fsp3) is 0.538. The summed E-state index contributed by atoms with van der Waals surface area (Å²) in [5, 5.41) is -0.434. The second-order valence-corrected chi connectivity index (χ2v) is 7.41. The topological polar surface area (TPSA) is 63.4 Å². The summed E-state index contributed by atoms with van der Waals surface area (Å²) in [5.41, 5.74) is 4.62. The van der Waals surface area contributed by atoms with E-state index >= 15 is 0 Å². The van der Waals surface area contributed by atoms with Gasteiger partial charge in [0.25, 0.3) is 0 Å². The molecule has 0 radical (unpaired) electrons. The quantitative estimate of drug-likeness (QED) is 0.905. The molecule has 1 aromatic rings. The number of halogens is 4. The van der Waals surface area contributed by atoms with Gasteiger partial charge in [0.15, 0.2) is 0 Å². The van der Waals surface area contributed by atoms with Crippen molar-refractivity contribution in [2.45, 2.75) is 36.4 Å². The normalized spacial score (nSPS) is 21.0. The van der Waals surface area contributed by atoms with Crippen LogP contribution in [-0.2, 0) is 16.2 Å². The van der Waals surface area contributed by atoms with Crippen LogP contribution in [0.15, 0.2) is 23.1 Å². The molecule has 0 spiro atoms. The zero-order chi connectivity index (χ0) is 16.5. The highest BCUT2D eigenvalue weighted by atomic mass is 35.5. The predicted molar refractivity (Wildman–Crippen MR) is 77.0 cm³/mol. The first-order chi connectivity index (χ1) is 10.2. The number of benzene rings is 1. The van der Waals surface area contributed by atoms with Gasteiger partial charge in [-0.25, -0.2) is 8.42 Å². The van der Waals surface area contributed by atoms with Crippen molar-refractivity contribution in [2.75, 3.05) is 13.1 Å². The van der Waals surface area contributed by atoms with E-state index in [1.54, 1.807) is 0 Å². The van der Waals surface area contributed by atoms with Crippen molar-refractivity contribution in [1.29, 1.82) is 0 Å². The van der Waals surface area contributed by atoms with E-state index in [4.69, 9.17) is 17.3 Å². The fourth-order valence-electron chi connectivity index (χ4n) is 2.54. The first-order valence-corrected chi connectivity index (χ1v) is 8.58. The second kappa shape index (κ2) is 6.35. The van der Waals surface area contributed by atoms with Crippen molar-refractivity contribution in [3.05, 3.63) is 28.8 Å². The van der Waals surface area contributed by atoms with E-state index in [0.29, 0.717) is 25.5 Å². The van der Waals surface area contributed by atoms with Crippen LogP contribution in [0.2, 0.25) is 5.02 Å². The first kappa shape index (κ1) is 17.5. The maximum Gasteiger partial charge on any atom is 0.416 e. The van der Waals surface area contributed by atoms with Gasteiger partial charge in [0.1, 0.15) is 4.90 Å². The van der Waals surface area contributed by atoms with Crippen molar-refractivity contribution in [3.8, 4) is 0 Å². The third-order valence-corrected chi connectivity index (χ3v) is 6.13. The molecule has 0 bridgehead atoms. The molecule has 0 aliphatic carbocycles. The van der Waals surface area contributed by atoms with Crippen molar-refractivity contribution in [3.63, 3.8) is 0 Å². The van der Waals surface area contributed by atoms with Crippen LogP contribution in [-0.4, -0.2) is 31.9 Å². The Labute approximate surface area is 132 Å². The molecule has 1 heterocycles. The van der Waals surface area contributed by atoms with E-state index in [1.165, 1.54) is 4.31 Å². The van der Waals surface area contributed by atoms with Crippen LogP contribution in [0.4, 0.5) is 13.2 Å². The second-order valence-electron chi connectivity index (χ2n) is 5.14. The molecule has 1 atom stereocenters. The minimum Gasteiger partial charge on any atom is -0.329 e. The van der Waals surface area contributed by atoms with Gasteiger partial charge in [-0.2, -0.15) is 17.5 Å². The van der Waals surface area contributed by atoms with Crippen LogP contribution in [0.5, 0.6) is 0 Å². The Hall–Kier alpha value is -0.830. The van der Waals surface area contributed by atoms with E-state index in [-0.39, 0.29) is 17.5 Å². The Kier molecular flexibility index (Phi) is 5.06. The molecule has 2 N–H and O–H groups in total. The Morgan fingerprint density at radius 1 is 1.32 bits per heavy atom. The average molecular weight is 357 g/mol. The summed E-state index contributed by atoms with van der Waals surface area (Å²) in [4.78, 5) is -0.317. The number of hydrogen-bond donors (Lipinski definition) is 1. The van der Waals surface area contributed by atoms with Gasteiger partial charge in [-0.3, -0.25) is 0 Å². The molecule has 1 saturated heterocycles. The predicted octanol–water partition coefficient (Wildman–Crippen LogP) is 2.86. The van der Waals surface area contributed by atoms with E-state index in [0.717, 1.165) is 18.6 Å². The summed E-state index contributed by atoms with van der Waals surface area (Å²) in [5.74, 6) is 0. The lowest BCUT2D eigenvalue weighted by molar-refractivity contribution is -0.137. The smallest absolute Gasteiger partial charge is 0.329 e. The van der Waals surface area contributed by atoms with Crippen LogP contribution < -0.4 is 5.73 Å². The maximum atomic E-state index is 12.6. The van der Waals surface area contributed by atoms with Gasteiger partial charge in [0, 0.05) is 19.1 Å². The van der Waals surface area contributed by atoms with Crippen molar-refractivity contribution in [1.82, 2.24) is 4.31 Å². The summed E-state index contributed by atoms with van der Waals surface area (Å²) in [6.45, 7) is 0.457. The zero-order valence-electron chi connectivity index (χ0n) is 11.6. The highest BCUT2D eigenvalue weighted by molar-refractivity contribution is 7.89. The van der Waals surface area contributed by atoms with E-state index < -0.39 is 26.8 Å². The molecule has 22 heavy (non-hydrogen) atoms. The van der Waals surface area contributed by atoms with Gasteiger partial charge in [0.05, 0.1) is 10.6 Å². The number of nitrogens with two attached hydrogens (primary N) is 1. The largest absolute Gasteiger partial charge is 0.416 e. The van der Waals surface area contributed by atoms with Gasteiger partial charge in [-0.15, -0.1) is 0 Å². The molecule has 2 rings (SSSR count). The van der Waals surface area contributed by atoms with E-state index in [9.17, 15) is 21.6 Å². The van der Waals surface area contributed by atoms with Gasteiger partial charge < -0.3 is 5.73 Å². The highest BCUT2D eigenvalue weighted by Gasteiger charge is 2.36. The monoisotopic (exact) mass is 356 g/mol. The maximum absolute atomic E-state index is 12.6. The van der Waals surface area contributed by atoms with E-state index in [2.05, 4.69) is 0 Å². The third-order valence-electron chi connectivity index (χ3n) is 3.69. The Morgan fingerprint density at radius 2 is 2.00 bits per heavy atom. The van der Waals surface area contributed by atoms with Crippen LogP contribution in [0, 0.1) is 0 Å². The molecule has 1 aromatic carbocycles. The minimum absolute atomic E-state index is 0.164. The van der Waals surface area contributed by atoms with Crippen molar-refractivity contribution >= 4 is 21.6 Å². The highest BCUT2D eigenvalue weighted by Crippen LogP contribution is 2.35. The van der Waals surface area contributed by atoms with Crippen molar-refractivity contribution in [2.24, 2.45) is 5.73 Å². The number of hydrogen-bond acceptors (Lipinski definition) is 3. The van der Waals surface area contributed by atoms with E-state index in [1.807, 2.05) is 0 Å². The molecular formula is C13H16ClF3N2O2S. The summed E-state index contributed by atoms with van der Waals surface area (Å²) in [6, 6.07) is 1.91. The fourth-order valence-corrected chi connectivity index (χ4v) is 4.76. The van der Waals surface area contributed by atoms with Crippen LogP contribution in [0.1, 0.15) is 24.8 Å². The lowest BCUT2D eigenvalue weighted by Gasteiger charge is -2.34. The van der Waals surface area contributed by atoms with Gasteiger partial charge in [0.2, 0.25) is 10.0 Å². The number of piperidine rings is 1. The Balaban J connectivity index is 2.41. The molecule has 1 unspecified atom stereocenters. The third kappa shape index (κ3) is 3.40. The SMILES string of the molecule is NCC1CCCCN1S(=O)(=O)c1ccc(C(F)(F)F)cc1Cl. The molecule has 0 saturated carbocycles. The van der Waals surface area contributed by atoms with Crippen molar-refractivity contribution < 1.29 is 21.6 Å². The summed E-state index contributed by atoms with van der Waals surface area (Å²) >= 11 is 5.79. The molecule has 0 aromatic heterocycles. The Bertz CT molecular complexity index is 649. The zero-order valence-corrected chi connectivity index (χ0v) is 13.2. The Morgan fingerprint density at radius 3 is 2.55 bits per heavy atom. The van der Waals surface area contributed by atoms with Gasteiger partial charge >= 0.3 is 6.18 Å². The molecular weight excluding hydrogens is 341 g/mol.